The predicted octanol–water partition coefficient (Wildman–Crippen LogP) is 5.59. The van der Waals surface area contributed by atoms with Gasteiger partial charge in [0.25, 0.3) is 5.91 Å². The normalized spacial score (nSPS) is 27.2. The van der Waals surface area contributed by atoms with Crippen molar-refractivity contribution in [1.29, 1.82) is 0 Å². The average molecular weight is 440 g/mol. The fourth-order valence-electron chi connectivity index (χ4n) is 7.13. The molecule has 3 aromatic carbocycles. The molecule has 0 spiro atoms. The van der Waals surface area contributed by atoms with E-state index in [1.807, 2.05) is 48.5 Å². The van der Waals surface area contributed by atoms with E-state index in [1.165, 1.54) is 19.3 Å². The van der Waals surface area contributed by atoms with Crippen molar-refractivity contribution in [1.82, 2.24) is 5.32 Å². The van der Waals surface area contributed by atoms with Crippen LogP contribution in [0.15, 0.2) is 72.8 Å². The Morgan fingerprint density at radius 1 is 0.788 bits per heavy atom. The van der Waals surface area contributed by atoms with E-state index in [-0.39, 0.29) is 28.9 Å². The van der Waals surface area contributed by atoms with Gasteiger partial charge in [-0.15, -0.1) is 0 Å². The van der Waals surface area contributed by atoms with Gasteiger partial charge in [0.15, 0.2) is 0 Å². The second kappa shape index (κ2) is 7.65. The van der Waals surface area contributed by atoms with Gasteiger partial charge in [0.2, 0.25) is 0 Å². The van der Waals surface area contributed by atoms with Gasteiger partial charge in [0, 0.05) is 17.0 Å². The summed E-state index contributed by atoms with van der Waals surface area (Å²) in [7, 11) is 0. The molecule has 4 bridgehead atoms. The van der Waals surface area contributed by atoms with Gasteiger partial charge >= 0.3 is 0 Å². The third-order valence-electron chi connectivity index (χ3n) is 8.32. The molecule has 2 unspecified atom stereocenters. The van der Waals surface area contributed by atoms with Crippen molar-refractivity contribution in [2.45, 2.75) is 43.6 Å². The highest BCUT2D eigenvalue weighted by atomic mass is 16.3. The molecule has 1 amide bonds. The molecule has 4 nitrogen and oxygen atoms in total. The van der Waals surface area contributed by atoms with Crippen LogP contribution in [0, 0.1) is 17.8 Å². The second-order valence-corrected chi connectivity index (χ2v) is 10.4. The van der Waals surface area contributed by atoms with Crippen LogP contribution < -0.4 is 5.32 Å². The van der Waals surface area contributed by atoms with Gasteiger partial charge in [-0.05, 0) is 96.9 Å². The lowest BCUT2D eigenvalue weighted by molar-refractivity contribution is 0.0874. The largest absolute Gasteiger partial charge is 0.508 e. The Balaban J connectivity index is 1.39. The van der Waals surface area contributed by atoms with Crippen LogP contribution in [0.1, 0.15) is 65.1 Å². The first-order valence-corrected chi connectivity index (χ1v) is 12.0. The maximum Gasteiger partial charge on any atom is 0.252 e. The summed E-state index contributed by atoms with van der Waals surface area (Å²) >= 11 is 0. The molecule has 0 heterocycles. The van der Waals surface area contributed by atoms with Crippen LogP contribution in [0.3, 0.4) is 0 Å². The molecule has 0 radical (unpaired) electrons. The van der Waals surface area contributed by atoms with Crippen LogP contribution in [-0.2, 0) is 0 Å². The molecule has 4 heteroatoms. The van der Waals surface area contributed by atoms with Gasteiger partial charge in [-0.2, -0.15) is 0 Å². The summed E-state index contributed by atoms with van der Waals surface area (Å²) in [6.07, 6.45) is 6.13. The van der Waals surface area contributed by atoms with Gasteiger partial charge in [-0.1, -0.05) is 42.5 Å². The van der Waals surface area contributed by atoms with E-state index in [2.05, 4.69) is 5.32 Å². The highest BCUT2D eigenvalue weighted by Crippen LogP contribution is 2.60. The summed E-state index contributed by atoms with van der Waals surface area (Å²) in [4.78, 5) is 13.8. The van der Waals surface area contributed by atoms with Crippen molar-refractivity contribution in [2.75, 3.05) is 0 Å². The number of aromatic hydroxyl groups is 2. The Morgan fingerprint density at radius 2 is 1.33 bits per heavy atom. The van der Waals surface area contributed by atoms with Crippen LogP contribution in [0.4, 0.5) is 0 Å². The van der Waals surface area contributed by atoms with E-state index < -0.39 is 0 Å². The zero-order valence-electron chi connectivity index (χ0n) is 18.6. The van der Waals surface area contributed by atoms with Gasteiger partial charge in [-0.25, -0.2) is 0 Å². The molecule has 0 aliphatic heterocycles. The standard InChI is InChI=1S/C29H29NO3/c31-23-9-5-20(6-10-23)27(21-7-11-24(32)12-8-21)25-3-1-2-4-26(25)28(33)30-29-16-18-13-19(17-29)15-22(29)14-18/h1-12,18-19,22,27,31-32H,13-17H2,(H,30,33). The van der Waals surface area contributed by atoms with Crippen molar-refractivity contribution < 1.29 is 15.0 Å². The summed E-state index contributed by atoms with van der Waals surface area (Å²) < 4.78 is 0. The highest BCUT2D eigenvalue weighted by Gasteiger charge is 2.58. The molecule has 4 aliphatic rings. The molecule has 3 aromatic rings. The zero-order chi connectivity index (χ0) is 22.6. The van der Waals surface area contributed by atoms with E-state index in [9.17, 15) is 15.0 Å². The first-order chi connectivity index (χ1) is 16.0. The molecular formula is C29H29NO3. The maximum absolute atomic E-state index is 13.8. The van der Waals surface area contributed by atoms with Crippen molar-refractivity contribution in [3.63, 3.8) is 0 Å². The van der Waals surface area contributed by atoms with Crippen molar-refractivity contribution in [2.24, 2.45) is 17.8 Å². The number of phenolic OH excluding ortho intramolecular Hbond substituents is 2. The lowest BCUT2D eigenvalue weighted by Crippen LogP contribution is -2.49. The summed E-state index contributed by atoms with van der Waals surface area (Å²) in [6, 6.07) is 22.2. The Hall–Kier alpha value is -3.27. The summed E-state index contributed by atoms with van der Waals surface area (Å²) in [6.45, 7) is 0. The van der Waals surface area contributed by atoms with Crippen molar-refractivity contribution in [3.8, 4) is 11.5 Å². The van der Waals surface area contributed by atoms with E-state index in [4.69, 9.17) is 0 Å². The third kappa shape index (κ3) is 3.49. The number of carbonyl (C=O) groups excluding carboxylic acids is 1. The number of phenols is 2. The minimum absolute atomic E-state index is 0.0151. The molecular weight excluding hydrogens is 410 g/mol. The Labute approximate surface area is 194 Å². The fourth-order valence-corrected chi connectivity index (χ4v) is 7.13. The topological polar surface area (TPSA) is 69.6 Å². The molecule has 33 heavy (non-hydrogen) atoms. The van der Waals surface area contributed by atoms with Crippen LogP contribution in [-0.4, -0.2) is 21.7 Å². The number of carbonyl (C=O) groups is 1. The first kappa shape index (κ1) is 20.3. The van der Waals surface area contributed by atoms with E-state index in [1.54, 1.807) is 24.3 Å². The molecule has 168 valence electrons. The SMILES string of the molecule is O=C(NC12CC3CC(CC1C3)C2)c1ccccc1C(c1ccc(O)cc1)c1ccc(O)cc1. The fraction of sp³-hybridized carbons (Fsp3) is 0.345. The van der Waals surface area contributed by atoms with E-state index in [0.29, 0.717) is 11.5 Å². The lowest BCUT2D eigenvalue weighted by atomic mass is 9.80. The molecule has 7 rings (SSSR count). The molecule has 0 aromatic heterocycles. The van der Waals surface area contributed by atoms with Crippen LogP contribution >= 0.6 is 0 Å². The van der Waals surface area contributed by atoms with Gasteiger partial charge in [0.05, 0.1) is 0 Å². The zero-order valence-corrected chi connectivity index (χ0v) is 18.6. The third-order valence-corrected chi connectivity index (χ3v) is 8.32. The van der Waals surface area contributed by atoms with Crippen LogP contribution in [0.5, 0.6) is 11.5 Å². The Morgan fingerprint density at radius 3 is 1.91 bits per heavy atom. The van der Waals surface area contributed by atoms with Gasteiger partial charge in [0.1, 0.15) is 11.5 Å². The number of amides is 1. The predicted molar refractivity (Wildman–Crippen MR) is 127 cm³/mol. The highest BCUT2D eigenvalue weighted by molar-refractivity contribution is 5.97. The number of benzene rings is 3. The molecule has 3 N–H and O–H groups in total. The van der Waals surface area contributed by atoms with Gasteiger partial charge < -0.3 is 15.5 Å². The lowest BCUT2D eigenvalue weighted by Gasteiger charge is -2.34. The Bertz CT molecular complexity index is 1120. The quantitative estimate of drug-likeness (QED) is 0.454. The summed E-state index contributed by atoms with van der Waals surface area (Å²) in [5.41, 5.74) is 3.57. The number of hydrogen-bond donors (Lipinski definition) is 3. The van der Waals surface area contributed by atoms with E-state index >= 15 is 0 Å². The molecule has 4 saturated carbocycles. The number of rotatable bonds is 5. The van der Waals surface area contributed by atoms with E-state index in [0.717, 1.165) is 41.4 Å². The smallest absolute Gasteiger partial charge is 0.252 e. The number of hydrogen-bond acceptors (Lipinski definition) is 3. The van der Waals surface area contributed by atoms with Crippen molar-refractivity contribution >= 4 is 5.91 Å². The van der Waals surface area contributed by atoms with Crippen LogP contribution in [0.25, 0.3) is 0 Å². The second-order valence-electron chi connectivity index (χ2n) is 10.4. The maximum atomic E-state index is 13.8. The van der Waals surface area contributed by atoms with Crippen molar-refractivity contribution in [3.05, 3.63) is 95.1 Å². The number of nitrogens with one attached hydrogen (secondary N) is 1. The monoisotopic (exact) mass is 439 g/mol. The minimum Gasteiger partial charge on any atom is -0.508 e. The van der Waals surface area contributed by atoms with Gasteiger partial charge in [-0.3, -0.25) is 4.79 Å². The Kier molecular flexibility index (Phi) is 4.72. The minimum atomic E-state index is -0.193. The first-order valence-electron chi connectivity index (χ1n) is 12.0. The van der Waals surface area contributed by atoms with Crippen LogP contribution in [0.2, 0.25) is 0 Å². The summed E-state index contributed by atoms with van der Waals surface area (Å²) in [5, 5.41) is 23.2. The average Bonchev–Trinajstić information content (AvgIpc) is 3.19. The summed E-state index contributed by atoms with van der Waals surface area (Å²) in [5.74, 6) is 2.42. The molecule has 4 aliphatic carbocycles. The molecule has 2 atom stereocenters. The molecule has 4 fully saturated rings. The molecule has 0 saturated heterocycles.